The number of aliphatic hydroxyl groups excluding tert-OH is 3. The second kappa shape index (κ2) is 10.7. The Kier molecular flexibility index (Phi) is 7.68. The largest absolute Gasteiger partial charge is 0.388 e. The number of aromatic nitrogens is 6. The normalized spacial score (nSPS) is 30.6. The number of hydrogen-bond acceptors (Lipinski definition) is 14. The highest BCUT2D eigenvalue weighted by atomic mass is 32.5. The van der Waals surface area contributed by atoms with Crippen LogP contribution in [0.2, 0.25) is 0 Å². The molecule has 0 bridgehead atoms. The van der Waals surface area contributed by atoms with E-state index in [9.17, 15) is 29.8 Å². The summed E-state index contributed by atoms with van der Waals surface area (Å²) in [4.78, 5) is 48.4. The van der Waals surface area contributed by atoms with Crippen LogP contribution in [0.25, 0.3) is 11.2 Å². The zero-order chi connectivity index (χ0) is 28.1. The molecule has 2 fully saturated rings. The van der Waals surface area contributed by atoms with Crippen molar-refractivity contribution >= 4 is 35.5 Å². The maximum absolute atomic E-state index is 12.1. The fraction of sp³-hybridized carbons (Fsp3) is 0.550. The average Bonchev–Trinajstić information content (AvgIpc) is 3.56. The van der Waals surface area contributed by atoms with E-state index >= 15 is 0 Å². The Morgan fingerprint density at radius 3 is 2.64 bits per heavy atom. The molecule has 8 atom stereocenters. The monoisotopic (exact) mass is 587 g/mol. The summed E-state index contributed by atoms with van der Waals surface area (Å²) < 4.78 is 24.6. The van der Waals surface area contributed by atoms with Crippen molar-refractivity contribution in [2.75, 3.05) is 18.9 Å². The minimum atomic E-state index is -3.88. The number of rotatable bonds is 8. The lowest BCUT2D eigenvalue weighted by Crippen LogP contribution is -2.36. The maximum Gasteiger partial charge on any atom is 0.330 e. The molecule has 39 heavy (non-hydrogen) atoms. The second-order valence-electron chi connectivity index (χ2n) is 9.12. The molecule has 0 spiro atoms. The molecule has 2 aliphatic rings. The standard InChI is InChI=1S/C20H26N7O10PS/c1-8-3-26(20(32)25-17(8)31)18-10(28)2-9(36-18)4-34-38(33,39)35-5-11-13(29)14(30)19(37-11)27-7-24-12-15(21)22-6-23-16(12)27/h3,6-7,9-11,13-14,18-19,28-30H,2,4-5H2,1H3,(H,33,39)(H2,21,22,23)(H,25,31,32)/t9-,10+,11+,13+,14+,18+,19+,38?/m0/s1. The van der Waals surface area contributed by atoms with E-state index in [0.717, 1.165) is 4.57 Å². The van der Waals surface area contributed by atoms with Crippen LogP contribution in [-0.4, -0.2) is 93.0 Å². The smallest absolute Gasteiger partial charge is 0.330 e. The molecule has 3 aromatic rings. The van der Waals surface area contributed by atoms with Gasteiger partial charge in [-0.1, -0.05) is 0 Å². The molecular weight excluding hydrogens is 561 g/mol. The third-order valence-electron chi connectivity index (χ3n) is 6.41. The minimum absolute atomic E-state index is 0.0515. The molecule has 3 aromatic heterocycles. The van der Waals surface area contributed by atoms with Gasteiger partial charge in [0.25, 0.3) is 5.56 Å². The second-order valence-corrected chi connectivity index (χ2v) is 12.0. The lowest BCUT2D eigenvalue weighted by atomic mass is 10.1. The van der Waals surface area contributed by atoms with Gasteiger partial charge in [-0.15, -0.1) is 0 Å². The highest BCUT2D eigenvalue weighted by molar-refractivity contribution is 8.07. The Bertz CT molecular complexity index is 1530. The molecule has 0 amide bonds. The number of fused-ring (bicyclic) bond motifs is 1. The van der Waals surface area contributed by atoms with E-state index in [1.807, 2.05) is 0 Å². The molecule has 0 aliphatic carbocycles. The minimum Gasteiger partial charge on any atom is -0.388 e. The molecular formula is C20H26N7O10PS. The number of nitrogens with zero attached hydrogens (tertiary/aromatic N) is 5. The molecule has 7 N–H and O–H groups in total. The van der Waals surface area contributed by atoms with E-state index in [0.29, 0.717) is 5.52 Å². The average molecular weight is 588 g/mol. The van der Waals surface area contributed by atoms with Crippen molar-refractivity contribution in [3.8, 4) is 0 Å². The Morgan fingerprint density at radius 1 is 1.13 bits per heavy atom. The van der Waals surface area contributed by atoms with Gasteiger partial charge >= 0.3 is 12.4 Å². The third kappa shape index (κ3) is 5.53. The molecule has 19 heteroatoms. The van der Waals surface area contributed by atoms with Crippen LogP contribution in [0, 0.1) is 6.92 Å². The first-order valence-corrected chi connectivity index (χ1v) is 14.3. The SMILES string of the molecule is Cc1cn([C@@H]2O[C@H](COP(O)(=S)OC[C@H]3O[C@@H](n4cnc5c(N)ncnc54)[C@H](O)[C@@H]3O)C[C@H]2O)c(=O)[nH]c1=O. The molecule has 0 aromatic carbocycles. The topological polar surface area (TPSA) is 242 Å². The van der Waals surface area contributed by atoms with Gasteiger partial charge in [0, 0.05) is 18.2 Å². The molecule has 2 saturated heterocycles. The van der Waals surface area contributed by atoms with E-state index in [4.69, 9.17) is 36.1 Å². The zero-order valence-electron chi connectivity index (χ0n) is 20.3. The first-order chi connectivity index (χ1) is 18.4. The van der Waals surface area contributed by atoms with Crippen molar-refractivity contribution in [3.63, 3.8) is 0 Å². The predicted molar refractivity (Wildman–Crippen MR) is 135 cm³/mol. The van der Waals surface area contributed by atoms with Gasteiger partial charge < -0.3 is 44.5 Å². The summed E-state index contributed by atoms with van der Waals surface area (Å²) in [6.07, 6.45) is -4.03. The number of hydrogen-bond donors (Lipinski definition) is 6. The Labute approximate surface area is 224 Å². The van der Waals surface area contributed by atoms with Crippen LogP contribution in [0.4, 0.5) is 5.82 Å². The highest BCUT2D eigenvalue weighted by Gasteiger charge is 2.45. The number of aryl methyl sites for hydroxylation is 1. The van der Waals surface area contributed by atoms with Gasteiger partial charge in [-0.05, 0) is 18.7 Å². The van der Waals surface area contributed by atoms with Crippen molar-refractivity contribution in [2.45, 2.75) is 56.3 Å². The van der Waals surface area contributed by atoms with Crippen molar-refractivity contribution in [3.05, 3.63) is 45.3 Å². The zero-order valence-corrected chi connectivity index (χ0v) is 22.0. The first-order valence-electron chi connectivity index (χ1n) is 11.7. The van der Waals surface area contributed by atoms with Crippen LogP contribution < -0.4 is 17.0 Å². The summed E-state index contributed by atoms with van der Waals surface area (Å²) in [5, 5.41) is 31.4. The van der Waals surface area contributed by atoms with E-state index < -0.39 is 67.6 Å². The number of aliphatic hydroxyl groups is 3. The number of anilines is 1. The Morgan fingerprint density at radius 2 is 1.87 bits per heavy atom. The van der Waals surface area contributed by atoms with Gasteiger partial charge in [0.1, 0.15) is 36.3 Å². The van der Waals surface area contributed by atoms with Crippen LogP contribution in [0.1, 0.15) is 24.4 Å². The highest BCUT2D eigenvalue weighted by Crippen LogP contribution is 2.46. The summed E-state index contributed by atoms with van der Waals surface area (Å²) in [5.74, 6) is 0.135. The predicted octanol–water partition coefficient (Wildman–Crippen LogP) is -2.22. The molecule has 2 aliphatic heterocycles. The van der Waals surface area contributed by atoms with Gasteiger partial charge in [0.05, 0.1) is 25.6 Å². The fourth-order valence-corrected chi connectivity index (χ4v) is 5.53. The van der Waals surface area contributed by atoms with Crippen molar-refractivity contribution < 1.29 is 38.7 Å². The van der Waals surface area contributed by atoms with Gasteiger partial charge in [-0.25, -0.2) is 19.7 Å². The van der Waals surface area contributed by atoms with E-state index in [-0.39, 0.29) is 30.1 Å². The van der Waals surface area contributed by atoms with E-state index in [1.165, 1.54) is 30.3 Å². The van der Waals surface area contributed by atoms with Crippen molar-refractivity contribution in [1.29, 1.82) is 0 Å². The van der Waals surface area contributed by atoms with Crippen LogP contribution in [0.3, 0.4) is 0 Å². The number of aromatic amines is 1. The summed E-state index contributed by atoms with van der Waals surface area (Å²) in [6, 6.07) is 0. The number of nitrogens with two attached hydrogens (primary N) is 1. The summed E-state index contributed by atoms with van der Waals surface area (Å²) >= 11 is 5.04. The molecule has 5 heterocycles. The van der Waals surface area contributed by atoms with Crippen LogP contribution in [-0.2, 0) is 30.3 Å². The van der Waals surface area contributed by atoms with Crippen LogP contribution in [0.15, 0.2) is 28.4 Å². The molecule has 0 radical (unpaired) electrons. The van der Waals surface area contributed by atoms with Crippen molar-refractivity contribution in [2.24, 2.45) is 0 Å². The molecule has 212 valence electrons. The first kappa shape index (κ1) is 27.9. The summed E-state index contributed by atoms with van der Waals surface area (Å²) in [6.45, 7) is -3.07. The lowest BCUT2D eigenvalue weighted by Gasteiger charge is -2.21. The Balaban J connectivity index is 1.17. The maximum atomic E-state index is 12.1. The molecule has 17 nitrogen and oxygen atoms in total. The van der Waals surface area contributed by atoms with Gasteiger partial charge in [-0.3, -0.25) is 18.9 Å². The van der Waals surface area contributed by atoms with Gasteiger partial charge in [0.15, 0.2) is 23.9 Å². The fourth-order valence-electron chi connectivity index (χ4n) is 4.40. The van der Waals surface area contributed by atoms with Crippen LogP contribution in [0.5, 0.6) is 0 Å². The third-order valence-corrected chi connectivity index (χ3v) is 7.99. The number of imidazole rings is 1. The van der Waals surface area contributed by atoms with Gasteiger partial charge in [0.2, 0.25) is 0 Å². The summed E-state index contributed by atoms with van der Waals surface area (Å²) in [5.41, 5.74) is 5.33. The number of H-pyrrole nitrogens is 1. The lowest BCUT2D eigenvalue weighted by molar-refractivity contribution is -0.0574. The Hall–Kier alpha value is -2.64. The van der Waals surface area contributed by atoms with Crippen molar-refractivity contribution in [1.82, 2.24) is 29.1 Å². The molecule has 1 unspecified atom stereocenters. The summed E-state index contributed by atoms with van der Waals surface area (Å²) in [7, 11) is 0. The van der Waals surface area contributed by atoms with Gasteiger partial charge in [-0.2, -0.15) is 0 Å². The van der Waals surface area contributed by atoms with E-state index in [1.54, 1.807) is 0 Å². The molecule has 5 rings (SSSR count). The molecule has 0 saturated carbocycles. The number of nitrogen functional groups attached to an aromatic ring is 1. The number of nitrogens with one attached hydrogen (secondary N) is 1. The van der Waals surface area contributed by atoms with Crippen LogP contribution >= 0.6 is 6.72 Å². The van der Waals surface area contributed by atoms with E-state index in [2.05, 4.69) is 19.9 Å². The number of ether oxygens (including phenoxy) is 2. The quantitative estimate of drug-likeness (QED) is 0.153.